The lowest BCUT2D eigenvalue weighted by Crippen LogP contribution is -2.23. The number of alkyl halides is 3. The van der Waals surface area contributed by atoms with Gasteiger partial charge in [0.15, 0.2) is 11.5 Å². The first-order chi connectivity index (χ1) is 11.9. The summed E-state index contributed by atoms with van der Waals surface area (Å²) in [4.78, 5) is 16.5. The van der Waals surface area contributed by atoms with E-state index in [-0.39, 0.29) is 19.0 Å². The van der Waals surface area contributed by atoms with Crippen molar-refractivity contribution in [2.24, 2.45) is 0 Å². The largest absolute Gasteiger partial charge is 0.454 e. The number of carbonyl (C=O) groups excluding carboxylic acids is 1. The molecular formula is C18H14F3NO3. The molecule has 7 heteroatoms. The number of Topliss-reactive ketones (excluding diaryl/α,β-unsaturated/α-hetero) is 1. The summed E-state index contributed by atoms with van der Waals surface area (Å²) in [6, 6.07) is 7.65. The number of rotatable bonds is 4. The maximum absolute atomic E-state index is 12.7. The highest BCUT2D eigenvalue weighted by Crippen LogP contribution is 2.51. The number of fused-ring (bicyclic) bond motifs is 1. The molecule has 25 heavy (non-hydrogen) atoms. The van der Waals surface area contributed by atoms with Crippen molar-refractivity contribution in [1.29, 1.82) is 0 Å². The Kier molecular flexibility index (Phi) is 3.49. The van der Waals surface area contributed by atoms with Crippen LogP contribution in [0.5, 0.6) is 11.5 Å². The van der Waals surface area contributed by atoms with E-state index in [1.807, 2.05) is 12.1 Å². The van der Waals surface area contributed by atoms with Crippen LogP contribution in [0.25, 0.3) is 0 Å². The molecule has 0 radical (unpaired) electrons. The van der Waals surface area contributed by atoms with Crippen molar-refractivity contribution in [3.8, 4) is 11.5 Å². The van der Waals surface area contributed by atoms with Crippen molar-refractivity contribution < 1.29 is 27.4 Å². The lowest BCUT2D eigenvalue weighted by atomic mass is 9.88. The summed E-state index contributed by atoms with van der Waals surface area (Å²) in [7, 11) is 0. The second-order valence-corrected chi connectivity index (χ2v) is 6.29. The van der Waals surface area contributed by atoms with Crippen LogP contribution < -0.4 is 9.47 Å². The van der Waals surface area contributed by atoms with E-state index in [1.165, 1.54) is 6.07 Å². The monoisotopic (exact) mass is 349 g/mol. The minimum Gasteiger partial charge on any atom is -0.454 e. The molecule has 2 heterocycles. The third-order valence-electron chi connectivity index (χ3n) is 4.70. The first-order valence-corrected chi connectivity index (χ1v) is 7.84. The first-order valence-electron chi connectivity index (χ1n) is 7.84. The van der Waals surface area contributed by atoms with Crippen molar-refractivity contribution in [1.82, 2.24) is 4.98 Å². The molecule has 0 unspecified atom stereocenters. The molecule has 4 nitrogen and oxygen atoms in total. The zero-order chi connectivity index (χ0) is 17.7. The quantitative estimate of drug-likeness (QED) is 0.845. The number of hydrogen-bond acceptors (Lipinski definition) is 4. The Morgan fingerprint density at radius 2 is 1.88 bits per heavy atom. The van der Waals surface area contributed by atoms with Gasteiger partial charge in [0.05, 0.1) is 11.0 Å². The van der Waals surface area contributed by atoms with E-state index in [9.17, 15) is 18.0 Å². The number of carbonyl (C=O) groups is 1. The Labute approximate surface area is 141 Å². The summed E-state index contributed by atoms with van der Waals surface area (Å²) in [6.07, 6.45) is -2.23. The Balaban J connectivity index is 1.53. The molecule has 0 bridgehead atoms. The van der Waals surface area contributed by atoms with Gasteiger partial charge in [-0.2, -0.15) is 13.2 Å². The van der Waals surface area contributed by atoms with Crippen molar-refractivity contribution in [2.45, 2.75) is 30.9 Å². The Morgan fingerprint density at radius 3 is 2.52 bits per heavy atom. The van der Waals surface area contributed by atoms with E-state index in [4.69, 9.17) is 9.47 Å². The molecule has 1 aliphatic carbocycles. The van der Waals surface area contributed by atoms with Crippen LogP contribution in [0.15, 0.2) is 36.5 Å². The van der Waals surface area contributed by atoms with Crippen LogP contribution >= 0.6 is 0 Å². The van der Waals surface area contributed by atoms with Crippen LogP contribution in [0.4, 0.5) is 13.2 Å². The van der Waals surface area contributed by atoms with E-state index in [0.29, 0.717) is 30.0 Å². The van der Waals surface area contributed by atoms with Gasteiger partial charge in [-0.3, -0.25) is 9.78 Å². The average molecular weight is 349 g/mol. The summed E-state index contributed by atoms with van der Waals surface area (Å²) in [5.41, 5.74) is -0.218. The summed E-state index contributed by atoms with van der Waals surface area (Å²) in [5.74, 6) is 1.22. The summed E-state index contributed by atoms with van der Waals surface area (Å²) < 4.78 is 48.4. The molecule has 1 fully saturated rings. The normalized spacial score (nSPS) is 17.4. The van der Waals surface area contributed by atoms with E-state index < -0.39 is 17.2 Å². The van der Waals surface area contributed by atoms with Crippen molar-refractivity contribution in [3.63, 3.8) is 0 Å². The Bertz CT molecular complexity index is 826. The molecule has 0 amide bonds. The number of benzene rings is 1. The number of halogens is 3. The number of nitrogens with zero attached hydrogens (tertiary/aromatic N) is 1. The van der Waals surface area contributed by atoms with Gasteiger partial charge in [-0.05, 0) is 42.7 Å². The maximum atomic E-state index is 12.7. The third kappa shape index (κ3) is 2.83. The first kappa shape index (κ1) is 15.9. The number of pyridine rings is 1. The summed E-state index contributed by atoms with van der Waals surface area (Å²) in [6.45, 7) is 0.162. The molecule has 1 aliphatic heterocycles. The SMILES string of the molecule is O=C(Cc1ccc(C(F)(F)F)cn1)C1(c2ccc3c(c2)OCO3)CC1. The number of aromatic nitrogens is 1. The van der Waals surface area contributed by atoms with Crippen LogP contribution in [0.1, 0.15) is 29.7 Å². The Hall–Kier alpha value is -2.57. The fourth-order valence-corrected chi connectivity index (χ4v) is 3.08. The lowest BCUT2D eigenvalue weighted by molar-refractivity contribution is -0.137. The van der Waals surface area contributed by atoms with Crippen molar-refractivity contribution in [2.75, 3.05) is 6.79 Å². The molecule has 0 spiro atoms. The van der Waals surface area contributed by atoms with E-state index in [1.54, 1.807) is 6.07 Å². The number of ether oxygens (including phenoxy) is 2. The molecule has 1 aromatic carbocycles. The van der Waals surface area contributed by atoms with Gasteiger partial charge >= 0.3 is 6.18 Å². The summed E-state index contributed by atoms with van der Waals surface area (Å²) >= 11 is 0. The molecule has 1 saturated carbocycles. The molecule has 2 aromatic rings. The highest BCUT2D eigenvalue weighted by Gasteiger charge is 2.51. The molecule has 130 valence electrons. The molecular weight excluding hydrogens is 335 g/mol. The minimum absolute atomic E-state index is 0.00653. The van der Waals surface area contributed by atoms with Gasteiger partial charge in [-0.15, -0.1) is 0 Å². The van der Waals surface area contributed by atoms with Crippen LogP contribution in [0, 0.1) is 0 Å². The second-order valence-electron chi connectivity index (χ2n) is 6.29. The van der Waals surface area contributed by atoms with Gasteiger partial charge in [-0.25, -0.2) is 0 Å². The van der Waals surface area contributed by atoms with Gasteiger partial charge in [0.25, 0.3) is 0 Å². The predicted octanol–water partition coefficient (Wildman–Crippen LogP) is 3.67. The fraction of sp³-hybridized carbons (Fsp3) is 0.333. The van der Waals surface area contributed by atoms with Gasteiger partial charge in [-0.1, -0.05) is 6.07 Å². The van der Waals surface area contributed by atoms with Crippen LogP contribution in [-0.4, -0.2) is 17.6 Å². The average Bonchev–Trinajstić information content (AvgIpc) is 3.26. The van der Waals surface area contributed by atoms with Crippen molar-refractivity contribution >= 4 is 5.78 Å². The van der Waals surface area contributed by atoms with Crippen LogP contribution in [0.3, 0.4) is 0 Å². The second kappa shape index (κ2) is 5.47. The maximum Gasteiger partial charge on any atom is 0.417 e. The lowest BCUT2D eigenvalue weighted by Gasteiger charge is -2.15. The predicted molar refractivity (Wildman–Crippen MR) is 81.4 cm³/mol. The molecule has 1 aromatic heterocycles. The van der Waals surface area contributed by atoms with Crippen LogP contribution in [-0.2, 0) is 22.8 Å². The molecule has 0 saturated heterocycles. The highest BCUT2D eigenvalue weighted by molar-refractivity contribution is 5.94. The van der Waals surface area contributed by atoms with E-state index >= 15 is 0 Å². The zero-order valence-electron chi connectivity index (χ0n) is 13.1. The topological polar surface area (TPSA) is 48.4 Å². The zero-order valence-corrected chi connectivity index (χ0v) is 13.1. The van der Waals surface area contributed by atoms with Gasteiger partial charge in [0.2, 0.25) is 6.79 Å². The number of ketones is 1. The molecule has 0 atom stereocenters. The third-order valence-corrected chi connectivity index (χ3v) is 4.70. The molecule has 0 N–H and O–H groups in total. The van der Waals surface area contributed by atoms with E-state index in [2.05, 4.69) is 4.98 Å². The molecule has 2 aliphatic rings. The Morgan fingerprint density at radius 1 is 1.12 bits per heavy atom. The van der Waals surface area contributed by atoms with Gasteiger partial charge < -0.3 is 9.47 Å². The van der Waals surface area contributed by atoms with Gasteiger partial charge in [0, 0.05) is 18.3 Å². The van der Waals surface area contributed by atoms with Crippen LogP contribution in [0.2, 0.25) is 0 Å². The number of hydrogen-bond donors (Lipinski definition) is 0. The summed E-state index contributed by atoms with van der Waals surface area (Å²) in [5, 5.41) is 0. The van der Waals surface area contributed by atoms with E-state index in [0.717, 1.165) is 17.8 Å². The standard InChI is InChI=1S/C18H14F3NO3/c19-18(20,21)12-1-3-13(22-9-12)8-16(23)17(5-6-17)11-2-4-14-15(7-11)25-10-24-14/h1-4,7,9H,5-6,8,10H2. The minimum atomic E-state index is -4.43. The smallest absolute Gasteiger partial charge is 0.417 e. The van der Waals surface area contributed by atoms with Crippen molar-refractivity contribution in [3.05, 3.63) is 53.3 Å². The molecule has 4 rings (SSSR count). The highest BCUT2D eigenvalue weighted by atomic mass is 19.4. The van der Waals surface area contributed by atoms with Gasteiger partial charge in [0.1, 0.15) is 5.78 Å². The fourth-order valence-electron chi connectivity index (χ4n) is 3.08.